The first-order valence-corrected chi connectivity index (χ1v) is 10.4. The summed E-state index contributed by atoms with van der Waals surface area (Å²) >= 11 is 0. The molecule has 3 rings (SSSR count). The van der Waals surface area contributed by atoms with Gasteiger partial charge in [-0.05, 0) is 69.0 Å². The predicted octanol–water partition coefficient (Wildman–Crippen LogP) is 4.19. The molecule has 27 heavy (non-hydrogen) atoms. The van der Waals surface area contributed by atoms with Gasteiger partial charge in [0.15, 0.2) is 0 Å². The van der Waals surface area contributed by atoms with E-state index in [1.165, 1.54) is 55.8 Å². The molecule has 1 fully saturated rings. The van der Waals surface area contributed by atoms with Gasteiger partial charge < -0.3 is 14.5 Å². The van der Waals surface area contributed by atoms with Crippen molar-refractivity contribution in [1.82, 2.24) is 9.80 Å². The number of rotatable bonds is 9. The summed E-state index contributed by atoms with van der Waals surface area (Å²) in [7, 11) is 2.21. The SMILES string of the molecule is Cc1ccccc1CCc1ccccc1OCCCCN1CCN(C)CC1. The molecule has 0 bridgehead atoms. The average Bonchev–Trinajstić information content (AvgIpc) is 2.69. The fourth-order valence-corrected chi connectivity index (χ4v) is 3.70. The Bertz CT molecular complexity index is 692. The lowest BCUT2D eigenvalue weighted by atomic mass is 10.0. The summed E-state index contributed by atoms with van der Waals surface area (Å²) in [6, 6.07) is 17.2. The van der Waals surface area contributed by atoms with Crippen LogP contribution < -0.4 is 4.74 Å². The van der Waals surface area contributed by atoms with E-state index in [4.69, 9.17) is 4.74 Å². The molecule has 0 atom stereocenters. The molecule has 0 unspecified atom stereocenters. The maximum absolute atomic E-state index is 6.14. The van der Waals surface area contributed by atoms with Gasteiger partial charge in [-0.1, -0.05) is 42.5 Å². The van der Waals surface area contributed by atoms with Crippen molar-refractivity contribution in [3.63, 3.8) is 0 Å². The van der Waals surface area contributed by atoms with Gasteiger partial charge in [0.05, 0.1) is 6.61 Å². The predicted molar refractivity (Wildman–Crippen MR) is 114 cm³/mol. The molecule has 0 aliphatic carbocycles. The summed E-state index contributed by atoms with van der Waals surface area (Å²) in [6.07, 6.45) is 4.44. The van der Waals surface area contributed by atoms with E-state index in [0.717, 1.165) is 31.6 Å². The molecule has 0 amide bonds. The second kappa shape index (κ2) is 10.5. The summed E-state index contributed by atoms with van der Waals surface area (Å²) in [4.78, 5) is 4.99. The van der Waals surface area contributed by atoms with E-state index in [-0.39, 0.29) is 0 Å². The smallest absolute Gasteiger partial charge is 0.122 e. The van der Waals surface area contributed by atoms with Crippen LogP contribution in [0.1, 0.15) is 29.5 Å². The highest BCUT2D eigenvalue weighted by Crippen LogP contribution is 2.21. The minimum absolute atomic E-state index is 0.815. The number of aryl methyl sites for hydroxylation is 3. The van der Waals surface area contributed by atoms with Crippen LogP contribution >= 0.6 is 0 Å². The zero-order valence-electron chi connectivity index (χ0n) is 17.0. The van der Waals surface area contributed by atoms with Gasteiger partial charge in [-0.25, -0.2) is 0 Å². The number of benzene rings is 2. The summed E-state index contributed by atoms with van der Waals surface area (Å²) in [5.74, 6) is 1.06. The van der Waals surface area contributed by atoms with Gasteiger partial charge in [-0.15, -0.1) is 0 Å². The first kappa shape index (κ1) is 19.9. The maximum atomic E-state index is 6.14. The molecule has 0 aromatic heterocycles. The van der Waals surface area contributed by atoms with Gasteiger partial charge in [-0.3, -0.25) is 0 Å². The second-order valence-corrected chi connectivity index (χ2v) is 7.73. The molecule has 3 nitrogen and oxygen atoms in total. The molecule has 2 aromatic carbocycles. The van der Waals surface area contributed by atoms with Gasteiger partial charge in [0.2, 0.25) is 0 Å². The summed E-state index contributed by atoms with van der Waals surface area (Å²) in [5, 5.41) is 0. The third kappa shape index (κ3) is 6.37. The zero-order valence-corrected chi connectivity index (χ0v) is 17.0. The van der Waals surface area contributed by atoms with Gasteiger partial charge in [0.1, 0.15) is 5.75 Å². The van der Waals surface area contributed by atoms with E-state index in [1.807, 2.05) is 0 Å². The molecule has 146 valence electrons. The number of ether oxygens (including phenoxy) is 1. The number of para-hydroxylation sites is 1. The number of likely N-dealkylation sites (N-methyl/N-ethyl adjacent to an activating group) is 1. The van der Waals surface area contributed by atoms with Crippen LogP contribution in [0.25, 0.3) is 0 Å². The van der Waals surface area contributed by atoms with Gasteiger partial charge >= 0.3 is 0 Å². The van der Waals surface area contributed by atoms with E-state index >= 15 is 0 Å². The van der Waals surface area contributed by atoms with Crippen molar-refractivity contribution in [2.75, 3.05) is 46.4 Å². The third-order valence-electron chi connectivity index (χ3n) is 5.62. The quantitative estimate of drug-likeness (QED) is 0.619. The Labute approximate surface area is 164 Å². The zero-order chi connectivity index (χ0) is 18.9. The number of unbranched alkanes of at least 4 members (excludes halogenated alkanes) is 1. The van der Waals surface area contributed by atoms with E-state index in [1.54, 1.807) is 0 Å². The number of nitrogens with zero attached hydrogens (tertiary/aromatic N) is 2. The maximum Gasteiger partial charge on any atom is 0.122 e. The third-order valence-corrected chi connectivity index (χ3v) is 5.62. The number of piperazine rings is 1. The van der Waals surface area contributed by atoms with Gasteiger partial charge in [0.25, 0.3) is 0 Å². The molecule has 1 aliphatic heterocycles. The highest BCUT2D eigenvalue weighted by molar-refractivity contribution is 5.35. The Morgan fingerprint density at radius 2 is 1.48 bits per heavy atom. The first-order valence-electron chi connectivity index (χ1n) is 10.4. The fourth-order valence-electron chi connectivity index (χ4n) is 3.70. The largest absolute Gasteiger partial charge is 0.493 e. The van der Waals surface area contributed by atoms with Crippen LogP contribution in [0, 0.1) is 6.92 Å². The fraction of sp³-hybridized carbons (Fsp3) is 0.500. The molecule has 0 saturated carbocycles. The molecule has 1 saturated heterocycles. The average molecular weight is 367 g/mol. The highest BCUT2D eigenvalue weighted by Gasteiger charge is 2.12. The van der Waals surface area contributed by atoms with Crippen molar-refractivity contribution in [2.24, 2.45) is 0 Å². The minimum Gasteiger partial charge on any atom is -0.493 e. The van der Waals surface area contributed by atoms with Crippen molar-refractivity contribution >= 4 is 0 Å². The number of hydrogen-bond donors (Lipinski definition) is 0. The molecule has 0 radical (unpaired) electrons. The van der Waals surface area contributed by atoms with Crippen molar-refractivity contribution in [2.45, 2.75) is 32.6 Å². The van der Waals surface area contributed by atoms with Crippen molar-refractivity contribution < 1.29 is 4.74 Å². The van der Waals surface area contributed by atoms with Gasteiger partial charge in [0, 0.05) is 26.2 Å². The van der Waals surface area contributed by atoms with Gasteiger partial charge in [-0.2, -0.15) is 0 Å². The van der Waals surface area contributed by atoms with E-state index < -0.39 is 0 Å². The Kier molecular flexibility index (Phi) is 7.73. The number of hydrogen-bond acceptors (Lipinski definition) is 3. The van der Waals surface area contributed by atoms with E-state index in [9.17, 15) is 0 Å². The molecule has 0 spiro atoms. The molecule has 0 N–H and O–H groups in total. The van der Waals surface area contributed by atoms with Crippen LogP contribution in [0.5, 0.6) is 5.75 Å². The summed E-state index contributed by atoms with van der Waals surface area (Å²) < 4.78 is 6.14. The highest BCUT2D eigenvalue weighted by atomic mass is 16.5. The Hall–Kier alpha value is -1.84. The summed E-state index contributed by atoms with van der Waals surface area (Å²) in [6.45, 7) is 9.02. The Morgan fingerprint density at radius 3 is 2.26 bits per heavy atom. The van der Waals surface area contributed by atoms with E-state index in [0.29, 0.717) is 0 Å². The first-order chi connectivity index (χ1) is 13.2. The molecular weight excluding hydrogens is 332 g/mol. The molecule has 3 heteroatoms. The van der Waals surface area contributed by atoms with Crippen molar-refractivity contribution in [3.8, 4) is 5.75 Å². The standard InChI is InChI=1S/C24H34N2O/c1-21-9-3-4-10-22(21)13-14-23-11-5-6-12-24(23)27-20-8-7-15-26-18-16-25(2)17-19-26/h3-6,9-12H,7-8,13-20H2,1-2H3. The van der Waals surface area contributed by atoms with Crippen LogP contribution in [0.4, 0.5) is 0 Å². The van der Waals surface area contributed by atoms with Crippen molar-refractivity contribution in [3.05, 3.63) is 65.2 Å². The Balaban J connectivity index is 1.40. The van der Waals surface area contributed by atoms with E-state index in [2.05, 4.69) is 72.3 Å². The van der Waals surface area contributed by atoms with Crippen LogP contribution in [0.15, 0.2) is 48.5 Å². The van der Waals surface area contributed by atoms with Crippen LogP contribution in [-0.4, -0.2) is 56.2 Å². The summed E-state index contributed by atoms with van der Waals surface area (Å²) in [5.41, 5.74) is 4.12. The lowest BCUT2D eigenvalue weighted by molar-refractivity contribution is 0.150. The van der Waals surface area contributed by atoms with Crippen LogP contribution in [0.2, 0.25) is 0 Å². The monoisotopic (exact) mass is 366 g/mol. The molecule has 1 aliphatic rings. The molecular formula is C24H34N2O. The van der Waals surface area contributed by atoms with Crippen LogP contribution in [0.3, 0.4) is 0 Å². The topological polar surface area (TPSA) is 15.7 Å². The minimum atomic E-state index is 0.815. The van der Waals surface area contributed by atoms with Crippen molar-refractivity contribution in [1.29, 1.82) is 0 Å². The Morgan fingerprint density at radius 1 is 0.815 bits per heavy atom. The lowest BCUT2D eigenvalue weighted by Gasteiger charge is -2.32. The lowest BCUT2D eigenvalue weighted by Crippen LogP contribution is -2.44. The molecule has 2 aromatic rings. The second-order valence-electron chi connectivity index (χ2n) is 7.73. The van der Waals surface area contributed by atoms with Crippen LogP contribution in [-0.2, 0) is 12.8 Å². The normalized spacial score (nSPS) is 15.8. The molecule has 1 heterocycles.